The molecule has 1 aliphatic heterocycles. The first-order chi connectivity index (χ1) is 9.89. The number of amides is 1. The first-order valence-corrected chi connectivity index (χ1v) is 7.93. The lowest BCUT2D eigenvalue weighted by Gasteiger charge is -2.35. The topological polar surface area (TPSA) is 32.3 Å². The molecule has 2 aliphatic rings. The van der Waals surface area contributed by atoms with E-state index in [0.29, 0.717) is 12.8 Å². The number of nitrogens with zero attached hydrogens (tertiary/aromatic N) is 1. The molecule has 3 unspecified atom stereocenters. The fourth-order valence-corrected chi connectivity index (χ4v) is 3.57. The van der Waals surface area contributed by atoms with Crippen LogP contribution in [-0.4, -0.2) is 43.2 Å². The van der Waals surface area contributed by atoms with E-state index in [1.807, 2.05) is 0 Å². The lowest BCUT2D eigenvalue weighted by molar-refractivity contribution is -0.187. The summed E-state index contributed by atoms with van der Waals surface area (Å²) in [7, 11) is 1.76. The van der Waals surface area contributed by atoms with Crippen LogP contribution in [0.4, 0.5) is 13.2 Å². The van der Waals surface area contributed by atoms with Crippen LogP contribution in [0.25, 0.3) is 0 Å². The van der Waals surface area contributed by atoms with Crippen molar-refractivity contribution in [3.8, 4) is 0 Å². The number of rotatable bonds is 2. The number of hydrogen-bond acceptors (Lipinski definition) is 2. The summed E-state index contributed by atoms with van der Waals surface area (Å²) >= 11 is 0. The lowest BCUT2D eigenvalue weighted by atomic mass is 9.80. The molecule has 1 amide bonds. The summed E-state index contributed by atoms with van der Waals surface area (Å²) in [4.78, 5) is 14.2. The Hall–Kier alpha value is -0.780. The molecule has 0 aromatic carbocycles. The van der Waals surface area contributed by atoms with Gasteiger partial charge < -0.3 is 10.2 Å². The van der Waals surface area contributed by atoms with Crippen LogP contribution in [0.1, 0.15) is 44.9 Å². The van der Waals surface area contributed by atoms with E-state index in [1.165, 1.54) is 0 Å². The average molecular weight is 306 g/mol. The third-order valence-corrected chi connectivity index (χ3v) is 4.93. The normalized spacial score (nSPS) is 31.5. The number of carbonyl (C=O) groups excluding carboxylic acids is 1. The third-order valence-electron chi connectivity index (χ3n) is 4.93. The fraction of sp³-hybridized carbons (Fsp3) is 0.933. The second-order valence-corrected chi connectivity index (χ2v) is 6.39. The Balaban J connectivity index is 1.94. The first kappa shape index (κ1) is 16.6. The predicted molar refractivity (Wildman–Crippen MR) is 74.8 cm³/mol. The molecule has 1 N–H and O–H groups in total. The van der Waals surface area contributed by atoms with Gasteiger partial charge in [-0.05, 0) is 51.6 Å². The summed E-state index contributed by atoms with van der Waals surface area (Å²) in [5.74, 6) is -1.84. The molecule has 2 rings (SSSR count). The minimum atomic E-state index is -4.16. The molecule has 1 saturated heterocycles. The van der Waals surface area contributed by atoms with Gasteiger partial charge in [0.1, 0.15) is 0 Å². The monoisotopic (exact) mass is 306 g/mol. The molecule has 21 heavy (non-hydrogen) atoms. The largest absolute Gasteiger partial charge is 0.391 e. The van der Waals surface area contributed by atoms with Crippen LogP contribution in [0.15, 0.2) is 0 Å². The molecule has 122 valence electrons. The number of halogens is 3. The zero-order chi connectivity index (χ0) is 15.5. The molecule has 0 spiro atoms. The highest BCUT2D eigenvalue weighted by Gasteiger charge is 2.44. The summed E-state index contributed by atoms with van der Waals surface area (Å²) in [6.07, 6.45) is -0.0897. The highest BCUT2D eigenvalue weighted by atomic mass is 19.4. The number of nitrogens with one attached hydrogen (secondary N) is 1. The van der Waals surface area contributed by atoms with Gasteiger partial charge in [0.25, 0.3) is 0 Å². The Kier molecular flexibility index (Phi) is 5.52. The zero-order valence-corrected chi connectivity index (χ0v) is 12.6. The molecular formula is C15H25F3N2O. The second-order valence-electron chi connectivity index (χ2n) is 6.39. The van der Waals surface area contributed by atoms with Crippen molar-refractivity contribution >= 4 is 5.91 Å². The molecule has 1 heterocycles. The van der Waals surface area contributed by atoms with E-state index in [-0.39, 0.29) is 24.8 Å². The quantitative estimate of drug-likeness (QED) is 0.851. The van der Waals surface area contributed by atoms with Crippen LogP contribution in [0.3, 0.4) is 0 Å². The van der Waals surface area contributed by atoms with Gasteiger partial charge in [0.15, 0.2) is 0 Å². The molecule has 0 radical (unpaired) electrons. The lowest BCUT2D eigenvalue weighted by Crippen LogP contribution is -2.43. The van der Waals surface area contributed by atoms with E-state index in [0.717, 1.165) is 32.4 Å². The highest BCUT2D eigenvalue weighted by molar-refractivity contribution is 5.79. The van der Waals surface area contributed by atoms with Crippen LogP contribution in [0.5, 0.6) is 0 Å². The molecule has 3 nitrogen and oxygen atoms in total. The van der Waals surface area contributed by atoms with Gasteiger partial charge in [-0.1, -0.05) is 6.42 Å². The van der Waals surface area contributed by atoms with Gasteiger partial charge in [0.2, 0.25) is 5.91 Å². The molecule has 1 aliphatic carbocycles. The summed E-state index contributed by atoms with van der Waals surface area (Å²) in [6, 6.07) is 0.166. The molecule has 0 aromatic rings. The SMILES string of the molecule is CN(C(=O)C1CCCC(C(F)(F)F)C1)C1CCCNCC1. The van der Waals surface area contributed by atoms with Gasteiger partial charge in [0, 0.05) is 19.0 Å². The van der Waals surface area contributed by atoms with Gasteiger partial charge in [-0.2, -0.15) is 13.2 Å². The number of alkyl halides is 3. The summed E-state index contributed by atoms with van der Waals surface area (Å²) in [6.45, 7) is 1.83. The maximum absolute atomic E-state index is 12.9. The van der Waals surface area contributed by atoms with Crippen molar-refractivity contribution in [3.05, 3.63) is 0 Å². The molecule has 3 atom stereocenters. The van der Waals surface area contributed by atoms with Crippen LogP contribution in [0, 0.1) is 11.8 Å². The Morgan fingerprint density at radius 3 is 2.57 bits per heavy atom. The van der Waals surface area contributed by atoms with E-state index < -0.39 is 18.0 Å². The molecule has 1 saturated carbocycles. The maximum atomic E-state index is 12.9. The van der Waals surface area contributed by atoms with Crippen LogP contribution < -0.4 is 5.32 Å². The Bertz CT molecular complexity index is 351. The standard InChI is InChI=1S/C15H25F3N2O/c1-20(13-6-3-8-19-9-7-13)14(21)11-4-2-5-12(10-11)15(16,17)18/h11-13,19H,2-10H2,1H3. The van der Waals surface area contributed by atoms with Gasteiger partial charge >= 0.3 is 6.18 Å². The Morgan fingerprint density at radius 1 is 1.10 bits per heavy atom. The van der Waals surface area contributed by atoms with E-state index in [1.54, 1.807) is 11.9 Å². The summed E-state index contributed by atoms with van der Waals surface area (Å²) in [5, 5.41) is 3.29. The predicted octanol–water partition coefficient (Wildman–Crippen LogP) is 2.96. The van der Waals surface area contributed by atoms with E-state index in [2.05, 4.69) is 5.32 Å². The van der Waals surface area contributed by atoms with Crippen molar-refractivity contribution in [1.82, 2.24) is 10.2 Å². The van der Waals surface area contributed by atoms with Crippen molar-refractivity contribution in [3.63, 3.8) is 0 Å². The minimum absolute atomic E-state index is 0.0301. The first-order valence-electron chi connectivity index (χ1n) is 7.93. The van der Waals surface area contributed by atoms with Gasteiger partial charge in [-0.3, -0.25) is 4.79 Å². The Labute approximate surface area is 124 Å². The molecule has 0 bridgehead atoms. The van der Waals surface area contributed by atoms with Gasteiger partial charge in [-0.25, -0.2) is 0 Å². The zero-order valence-electron chi connectivity index (χ0n) is 12.6. The van der Waals surface area contributed by atoms with Crippen molar-refractivity contribution in [1.29, 1.82) is 0 Å². The van der Waals surface area contributed by atoms with Crippen molar-refractivity contribution < 1.29 is 18.0 Å². The van der Waals surface area contributed by atoms with Gasteiger partial charge in [0.05, 0.1) is 5.92 Å². The smallest absolute Gasteiger partial charge is 0.342 e. The van der Waals surface area contributed by atoms with E-state index >= 15 is 0 Å². The molecule has 2 fully saturated rings. The second kappa shape index (κ2) is 6.99. The van der Waals surface area contributed by atoms with Crippen LogP contribution in [-0.2, 0) is 4.79 Å². The fourth-order valence-electron chi connectivity index (χ4n) is 3.57. The average Bonchev–Trinajstić information content (AvgIpc) is 2.74. The van der Waals surface area contributed by atoms with Gasteiger partial charge in [-0.15, -0.1) is 0 Å². The van der Waals surface area contributed by atoms with Crippen molar-refractivity contribution in [2.45, 2.75) is 57.2 Å². The van der Waals surface area contributed by atoms with E-state index in [9.17, 15) is 18.0 Å². The summed E-state index contributed by atoms with van der Waals surface area (Å²) < 4.78 is 38.6. The third kappa shape index (κ3) is 4.34. The molecule has 0 aromatic heterocycles. The Morgan fingerprint density at radius 2 is 1.86 bits per heavy atom. The van der Waals surface area contributed by atoms with E-state index in [4.69, 9.17) is 0 Å². The number of carbonyl (C=O) groups is 1. The van der Waals surface area contributed by atoms with Crippen LogP contribution >= 0.6 is 0 Å². The van der Waals surface area contributed by atoms with Crippen molar-refractivity contribution in [2.75, 3.05) is 20.1 Å². The summed E-state index contributed by atoms with van der Waals surface area (Å²) in [5.41, 5.74) is 0. The maximum Gasteiger partial charge on any atom is 0.391 e. The highest BCUT2D eigenvalue weighted by Crippen LogP contribution is 2.40. The molecule has 6 heteroatoms. The molecular weight excluding hydrogens is 281 g/mol. The van der Waals surface area contributed by atoms with Crippen LogP contribution in [0.2, 0.25) is 0 Å². The van der Waals surface area contributed by atoms with Crippen molar-refractivity contribution in [2.24, 2.45) is 11.8 Å². The minimum Gasteiger partial charge on any atom is -0.342 e. The number of hydrogen-bond donors (Lipinski definition) is 1.